The van der Waals surface area contributed by atoms with Crippen molar-refractivity contribution in [2.75, 3.05) is 19.0 Å². The summed E-state index contributed by atoms with van der Waals surface area (Å²) in [6, 6.07) is 18.4. The molecule has 0 spiro atoms. The lowest BCUT2D eigenvalue weighted by Crippen LogP contribution is -2.25. The summed E-state index contributed by atoms with van der Waals surface area (Å²) in [6.45, 7) is 2.04. The molecule has 0 bridgehead atoms. The normalized spacial score (nSPS) is 10.3. The summed E-state index contributed by atoms with van der Waals surface area (Å²) >= 11 is 0. The molecule has 0 aliphatic rings. The number of ketones is 1. The summed E-state index contributed by atoms with van der Waals surface area (Å²) in [5.74, 6) is 1.22. The number of methoxy groups -OCH3 is 1. The smallest absolute Gasteiger partial charge is 0.252 e. The third-order valence-corrected chi connectivity index (χ3v) is 4.40. The molecule has 2 N–H and O–H groups in total. The largest absolute Gasteiger partial charge is 0.497 e. The minimum absolute atomic E-state index is 0.00238. The Kier molecular flexibility index (Phi) is 6.58. The second-order valence-corrected chi connectivity index (χ2v) is 6.55. The highest BCUT2D eigenvalue weighted by Gasteiger charge is 2.07. The Morgan fingerprint density at radius 2 is 1.83 bits per heavy atom. The first kappa shape index (κ1) is 20.1. The van der Waals surface area contributed by atoms with E-state index >= 15 is 0 Å². The van der Waals surface area contributed by atoms with Crippen molar-refractivity contribution >= 4 is 23.2 Å². The third-order valence-electron chi connectivity index (χ3n) is 4.40. The average molecular weight is 389 g/mol. The second-order valence-electron chi connectivity index (χ2n) is 6.55. The lowest BCUT2D eigenvalue weighted by Gasteiger charge is -2.09. The van der Waals surface area contributed by atoms with Gasteiger partial charge in [-0.1, -0.05) is 24.3 Å². The van der Waals surface area contributed by atoms with Crippen LogP contribution in [0.25, 0.3) is 0 Å². The van der Waals surface area contributed by atoms with Crippen LogP contribution < -0.4 is 15.4 Å². The van der Waals surface area contributed by atoms with Crippen molar-refractivity contribution in [2.45, 2.75) is 13.3 Å². The molecule has 0 saturated carbocycles. The first-order chi connectivity index (χ1) is 14.0. The van der Waals surface area contributed by atoms with Crippen molar-refractivity contribution in [3.05, 3.63) is 83.6 Å². The van der Waals surface area contributed by atoms with Crippen LogP contribution in [-0.4, -0.2) is 30.3 Å². The molecule has 0 fully saturated rings. The number of hydrogen-bond acceptors (Lipinski definition) is 5. The third kappa shape index (κ3) is 5.65. The fraction of sp³-hybridized carbons (Fsp3) is 0.174. The molecule has 0 unspecified atom stereocenters. The predicted octanol–water partition coefficient (Wildman–Crippen LogP) is 4.01. The molecule has 0 atom stereocenters. The Morgan fingerprint density at radius 1 is 1.00 bits per heavy atom. The van der Waals surface area contributed by atoms with Crippen LogP contribution in [0.4, 0.5) is 11.5 Å². The summed E-state index contributed by atoms with van der Waals surface area (Å²) in [7, 11) is 1.63. The summed E-state index contributed by atoms with van der Waals surface area (Å²) in [6.07, 6.45) is 2.24. The van der Waals surface area contributed by atoms with Gasteiger partial charge < -0.3 is 15.4 Å². The number of nitrogens with zero attached hydrogens (tertiary/aromatic N) is 1. The van der Waals surface area contributed by atoms with Gasteiger partial charge in [-0.2, -0.15) is 0 Å². The molecule has 1 aromatic heterocycles. The molecule has 2 aromatic carbocycles. The highest BCUT2D eigenvalue weighted by Crippen LogP contribution is 2.17. The maximum atomic E-state index is 12.3. The van der Waals surface area contributed by atoms with Crippen LogP contribution in [0, 0.1) is 0 Å². The maximum Gasteiger partial charge on any atom is 0.252 e. The SMILES string of the molecule is COc1cccc(CCNC(=O)c2ccc(Nc3cccc(C(C)=O)c3)nc2)c1. The second kappa shape index (κ2) is 9.50. The Bertz CT molecular complexity index is 1000. The molecule has 6 nitrogen and oxygen atoms in total. The number of carbonyl (C=O) groups excluding carboxylic acids is 2. The molecule has 148 valence electrons. The van der Waals surface area contributed by atoms with Crippen molar-refractivity contribution in [1.82, 2.24) is 10.3 Å². The van der Waals surface area contributed by atoms with Gasteiger partial charge in [0.2, 0.25) is 0 Å². The number of ether oxygens (including phenoxy) is 1. The highest BCUT2D eigenvalue weighted by atomic mass is 16.5. The van der Waals surface area contributed by atoms with E-state index in [4.69, 9.17) is 4.74 Å². The molecule has 0 aliphatic carbocycles. The Labute approximate surface area is 169 Å². The van der Waals surface area contributed by atoms with Gasteiger partial charge in [0.15, 0.2) is 5.78 Å². The number of rotatable bonds is 8. The van der Waals surface area contributed by atoms with Crippen molar-refractivity contribution in [3.8, 4) is 5.75 Å². The van der Waals surface area contributed by atoms with Gasteiger partial charge in [-0.3, -0.25) is 9.59 Å². The van der Waals surface area contributed by atoms with E-state index in [0.29, 0.717) is 29.9 Å². The topological polar surface area (TPSA) is 80.3 Å². The van der Waals surface area contributed by atoms with Crippen molar-refractivity contribution in [2.24, 2.45) is 0 Å². The molecule has 6 heteroatoms. The van der Waals surface area contributed by atoms with Crippen molar-refractivity contribution in [1.29, 1.82) is 0 Å². The molecule has 3 aromatic rings. The Balaban J connectivity index is 1.54. The number of nitrogens with one attached hydrogen (secondary N) is 2. The number of amides is 1. The molecular formula is C23H23N3O3. The average Bonchev–Trinajstić information content (AvgIpc) is 2.74. The minimum atomic E-state index is -0.175. The van der Waals surface area contributed by atoms with Gasteiger partial charge in [-0.25, -0.2) is 4.98 Å². The van der Waals surface area contributed by atoms with E-state index in [-0.39, 0.29) is 11.7 Å². The first-order valence-electron chi connectivity index (χ1n) is 9.30. The van der Waals surface area contributed by atoms with Gasteiger partial charge in [0.25, 0.3) is 5.91 Å². The highest BCUT2D eigenvalue weighted by molar-refractivity contribution is 5.95. The standard InChI is InChI=1S/C23H23N3O3/c1-16(27)18-6-4-7-20(14-18)26-22-10-9-19(15-25-22)23(28)24-12-11-17-5-3-8-21(13-17)29-2/h3-10,13-15H,11-12H2,1-2H3,(H,24,28)(H,25,26). The number of hydrogen-bond donors (Lipinski definition) is 2. The van der Waals surface area contributed by atoms with E-state index in [1.54, 1.807) is 31.4 Å². The van der Waals surface area contributed by atoms with Crippen LogP contribution in [0.15, 0.2) is 66.9 Å². The van der Waals surface area contributed by atoms with E-state index in [1.807, 2.05) is 36.4 Å². The maximum absolute atomic E-state index is 12.3. The number of aromatic nitrogens is 1. The number of pyridine rings is 1. The predicted molar refractivity (Wildman–Crippen MR) is 113 cm³/mol. The summed E-state index contributed by atoms with van der Waals surface area (Å²) in [5, 5.41) is 6.03. The van der Waals surface area contributed by atoms with Crippen molar-refractivity contribution in [3.63, 3.8) is 0 Å². The zero-order valence-corrected chi connectivity index (χ0v) is 16.4. The lowest BCUT2D eigenvalue weighted by molar-refractivity contribution is 0.0952. The molecule has 1 heterocycles. The van der Waals surface area contributed by atoms with Crippen LogP contribution >= 0.6 is 0 Å². The van der Waals surface area contributed by atoms with Gasteiger partial charge in [-0.15, -0.1) is 0 Å². The van der Waals surface area contributed by atoms with Gasteiger partial charge in [0.1, 0.15) is 11.6 Å². The first-order valence-corrected chi connectivity index (χ1v) is 9.30. The Hall–Kier alpha value is -3.67. The van der Waals surface area contributed by atoms with Crippen LogP contribution in [0.3, 0.4) is 0 Å². The van der Waals surface area contributed by atoms with Gasteiger partial charge >= 0.3 is 0 Å². The molecule has 0 saturated heterocycles. The summed E-state index contributed by atoms with van der Waals surface area (Å²) in [5.41, 5.74) is 2.97. The summed E-state index contributed by atoms with van der Waals surface area (Å²) in [4.78, 5) is 28.1. The molecule has 1 amide bonds. The van der Waals surface area contributed by atoms with E-state index in [0.717, 1.165) is 17.0 Å². The van der Waals surface area contributed by atoms with E-state index in [2.05, 4.69) is 15.6 Å². The van der Waals surface area contributed by atoms with Crippen LogP contribution in [0.5, 0.6) is 5.75 Å². The number of carbonyl (C=O) groups is 2. The molecular weight excluding hydrogens is 366 g/mol. The number of Topliss-reactive ketones (excluding diaryl/α,β-unsaturated/α-hetero) is 1. The van der Waals surface area contributed by atoms with Gasteiger partial charge in [0, 0.05) is 24.0 Å². The monoisotopic (exact) mass is 389 g/mol. The lowest BCUT2D eigenvalue weighted by atomic mass is 10.1. The van der Waals surface area contributed by atoms with Crippen LogP contribution in [-0.2, 0) is 6.42 Å². The zero-order valence-electron chi connectivity index (χ0n) is 16.4. The summed E-state index contributed by atoms with van der Waals surface area (Å²) < 4.78 is 5.21. The van der Waals surface area contributed by atoms with E-state index in [9.17, 15) is 9.59 Å². The molecule has 0 aliphatic heterocycles. The number of benzene rings is 2. The van der Waals surface area contributed by atoms with E-state index < -0.39 is 0 Å². The van der Waals surface area contributed by atoms with Crippen molar-refractivity contribution < 1.29 is 14.3 Å². The fourth-order valence-electron chi connectivity index (χ4n) is 2.82. The fourth-order valence-corrected chi connectivity index (χ4v) is 2.82. The van der Waals surface area contributed by atoms with Crippen LogP contribution in [0.1, 0.15) is 33.2 Å². The molecule has 0 radical (unpaired) electrons. The minimum Gasteiger partial charge on any atom is -0.497 e. The molecule has 29 heavy (non-hydrogen) atoms. The zero-order chi connectivity index (χ0) is 20.6. The van der Waals surface area contributed by atoms with E-state index in [1.165, 1.54) is 13.1 Å². The van der Waals surface area contributed by atoms with Crippen LogP contribution in [0.2, 0.25) is 0 Å². The number of anilines is 2. The quantitative estimate of drug-likeness (QED) is 0.569. The molecule has 3 rings (SSSR count). The Morgan fingerprint density at radius 3 is 2.55 bits per heavy atom. The van der Waals surface area contributed by atoms with Gasteiger partial charge in [-0.05, 0) is 55.3 Å². The van der Waals surface area contributed by atoms with Gasteiger partial charge in [0.05, 0.1) is 12.7 Å².